The summed E-state index contributed by atoms with van der Waals surface area (Å²) >= 11 is 0. The number of ether oxygens (including phenoxy) is 1. The normalized spacial score (nSPS) is 10.4. The Kier molecular flexibility index (Phi) is 5.44. The molecule has 0 spiro atoms. The van der Waals surface area contributed by atoms with Gasteiger partial charge in [-0.2, -0.15) is 0 Å². The van der Waals surface area contributed by atoms with Crippen molar-refractivity contribution in [3.63, 3.8) is 0 Å². The summed E-state index contributed by atoms with van der Waals surface area (Å²) < 4.78 is 5.77. The zero-order valence-corrected chi connectivity index (χ0v) is 13.8. The maximum Gasteiger partial charge on any atom is 0.248 e. The standard InChI is InChI=1S/C21H20N2O2/c22-21(24)18-8-12-20(13-9-18)25-19-10-6-17(7-11-19)15-23-14-16-4-2-1-3-5-16/h1-13,23H,14-15H2,(H2,22,24). The van der Waals surface area contributed by atoms with Gasteiger partial charge in [0.15, 0.2) is 0 Å². The number of hydrogen-bond donors (Lipinski definition) is 2. The zero-order valence-electron chi connectivity index (χ0n) is 13.8. The van der Waals surface area contributed by atoms with Crippen molar-refractivity contribution in [2.45, 2.75) is 13.1 Å². The fourth-order valence-electron chi connectivity index (χ4n) is 2.45. The molecule has 0 atom stereocenters. The van der Waals surface area contributed by atoms with Crippen LogP contribution in [0.3, 0.4) is 0 Å². The van der Waals surface area contributed by atoms with E-state index < -0.39 is 5.91 Å². The second-order valence-electron chi connectivity index (χ2n) is 5.72. The highest BCUT2D eigenvalue weighted by atomic mass is 16.5. The number of rotatable bonds is 7. The minimum Gasteiger partial charge on any atom is -0.457 e. The smallest absolute Gasteiger partial charge is 0.248 e. The van der Waals surface area contributed by atoms with Crippen LogP contribution in [-0.4, -0.2) is 5.91 Å². The monoisotopic (exact) mass is 332 g/mol. The van der Waals surface area contributed by atoms with Crippen molar-refractivity contribution in [1.82, 2.24) is 5.32 Å². The maximum atomic E-state index is 11.1. The van der Waals surface area contributed by atoms with Crippen LogP contribution in [0.15, 0.2) is 78.9 Å². The van der Waals surface area contributed by atoms with Gasteiger partial charge in [-0.05, 0) is 47.5 Å². The molecule has 0 radical (unpaired) electrons. The molecule has 0 unspecified atom stereocenters. The van der Waals surface area contributed by atoms with Gasteiger partial charge in [-0.15, -0.1) is 0 Å². The number of hydrogen-bond acceptors (Lipinski definition) is 3. The van der Waals surface area contributed by atoms with Gasteiger partial charge in [-0.25, -0.2) is 0 Å². The molecule has 3 aromatic carbocycles. The Labute approximate surface area is 147 Å². The molecule has 0 fully saturated rings. The van der Waals surface area contributed by atoms with E-state index in [0.29, 0.717) is 11.3 Å². The van der Waals surface area contributed by atoms with E-state index in [1.165, 1.54) is 11.1 Å². The van der Waals surface area contributed by atoms with Gasteiger partial charge in [0.25, 0.3) is 0 Å². The average Bonchev–Trinajstić information content (AvgIpc) is 2.64. The van der Waals surface area contributed by atoms with E-state index in [0.717, 1.165) is 18.8 Å². The predicted octanol–water partition coefficient (Wildman–Crippen LogP) is 3.87. The lowest BCUT2D eigenvalue weighted by Gasteiger charge is -2.08. The van der Waals surface area contributed by atoms with Crippen LogP contribution < -0.4 is 15.8 Å². The first-order chi connectivity index (χ1) is 12.2. The molecule has 0 aliphatic carbocycles. The van der Waals surface area contributed by atoms with E-state index in [1.54, 1.807) is 24.3 Å². The molecule has 0 aliphatic heterocycles. The van der Waals surface area contributed by atoms with E-state index in [4.69, 9.17) is 10.5 Å². The lowest BCUT2D eigenvalue weighted by molar-refractivity contribution is 0.100. The molecule has 3 rings (SSSR count). The molecule has 0 aromatic heterocycles. The highest BCUT2D eigenvalue weighted by molar-refractivity contribution is 5.92. The molecule has 0 heterocycles. The van der Waals surface area contributed by atoms with Crippen molar-refractivity contribution in [1.29, 1.82) is 0 Å². The van der Waals surface area contributed by atoms with E-state index in [2.05, 4.69) is 17.4 Å². The first kappa shape index (κ1) is 16.7. The van der Waals surface area contributed by atoms with Crippen LogP contribution in [0, 0.1) is 0 Å². The number of carbonyl (C=O) groups is 1. The summed E-state index contributed by atoms with van der Waals surface area (Å²) in [7, 11) is 0. The Balaban J connectivity index is 1.52. The largest absolute Gasteiger partial charge is 0.457 e. The summed E-state index contributed by atoms with van der Waals surface area (Å²) in [6, 6.07) is 25.0. The molecule has 4 heteroatoms. The topological polar surface area (TPSA) is 64.4 Å². The Morgan fingerprint density at radius 3 is 1.84 bits per heavy atom. The van der Waals surface area contributed by atoms with Gasteiger partial charge in [0.05, 0.1) is 0 Å². The van der Waals surface area contributed by atoms with Crippen molar-refractivity contribution in [2.75, 3.05) is 0 Å². The number of primary amides is 1. The summed E-state index contributed by atoms with van der Waals surface area (Å²) in [6.07, 6.45) is 0. The second kappa shape index (κ2) is 8.13. The first-order valence-corrected chi connectivity index (χ1v) is 8.12. The first-order valence-electron chi connectivity index (χ1n) is 8.12. The highest BCUT2D eigenvalue weighted by Crippen LogP contribution is 2.22. The van der Waals surface area contributed by atoms with Gasteiger partial charge in [0, 0.05) is 18.7 Å². The lowest BCUT2D eigenvalue weighted by atomic mass is 10.2. The van der Waals surface area contributed by atoms with Crippen LogP contribution >= 0.6 is 0 Å². The fraction of sp³-hybridized carbons (Fsp3) is 0.0952. The highest BCUT2D eigenvalue weighted by Gasteiger charge is 2.02. The quantitative estimate of drug-likeness (QED) is 0.690. The van der Waals surface area contributed by atoms with E-state index in [9.17, 15) is 4.79 Å². The van der Waals surface area contributed by atoms with Gasteiger partial charge < -0.3 is 15.8 Å². The Bertz CT molecular complexity index is 813. The molecule has 0 saturated carbocycles. The molecule has 4 nitrogen and oxygen atoms in total. The third-order valence-corrected chi connectivity index (χ3v) is 3.80. The molecule has 1 amide bonds. The van der Waals surface area contributed by atoms with Gasteiger partial charge in [0.1, 0.15) is 11.5 Å². The molecule has 25 heavy (non-hydrogen) atoms. The lowest BCUT2D eigenvalue weighted by Crippen LogP contribution is -2.12. The van der Waals surface area contributed by atoms with Crippen LogP contribution in [0.1, 0.15) is 21.5 Å². The van der Waals surface area contributed by atoms with Crippen molar-refractivity contribution < 1.29 is 9.53 Å². The van der Waals surface area contributed by atoms with Crippen molar-refractivity contribution in [3.05, 3.63) is 95.6 Å². The minimum absolute atomic E-state index is 0.445. The summed E-state index contributed by atoms with van der Waals surface area (Å²) in [5, 5.41) is 3.42. The zero-order chi connectivity index (χ0) is 17.5. The summed E-state index contributed by atoms with van der Waals surface area (Å²) in [5.41, 5.74) is 8.14. The molecular weight excluding hydrogens is 312 g/mol. The molecule has 3 N–H and O–H groups in total. The molecule has 0 bridgehead atoms. The third-order valence-electron chi connectivity index (χ3n) is 3.80. The molecule has 3 aromatic rings. The number of nitrogens with two attached hydrogens (primary N) is 1. The average molecular weight is 332 g/mol. The van der Waals surface area contributed by atoms with Crippen LogP contribution in [0.2, 0.25) is 0 Å². The minimum atomic E-state index is -0.445. The fourth-order valence-corrected chi connectivity index (χ4v) is 2.45. The Hall–Kier alpha value is -3.11. The Morgan fingerprint density at radius 2 is 1.28 bits per heavy atom. The maximum absolute atomic E-state index is 11.1. The van der Waals surface area contributed by atoms with Crippen LogP contribution in [0.25, 0.3) is 0 Å². The van der Waals surface area contributed by atoms with Crippen molar-refractivity contribution in [3.8, 4) is 11.5 Å². The van der Waals surface area contributed by atoms with Crippen molar-refractivity contribution in [2.24, 2.45) is 5.73 Å². The van der Waals surface area contributed by atoms with Gasteiger partial charge in [0.2, 0.25) is 5.91 Å². The Morgan fingerprint density at radius 1 is 0.760 bits per heavy atom. The van der Waals surface area contributed by atoms with Gasteiger partial charge in [-0.1, -0.05) is 42.5 Å². The summed E-state index contributed by atoms with van der Waals surface area (Å²) in [6.45, 7) is 1.63. The number of carbonyl (C=O) groups excluding carboxylic acids is 1. The molecule has 0 aliphatic rings. The van der Waals surface area contributed by atoms with Gasteiger partial charge >= 0.3 is 0 Å². The van der Waals surface area contributed by atoms with E-state index in [1.807, 2.05) is 42.5 Å². The van der Waals surface area contributed by atoms with Crippen molar-refractivity contribution >= 4 is 5.91 Å². The van der Waals surface area contributed by atoms with Gasteiger partial charge in [-0.3, -0.25) is 4.79 Å². The molecule has 0 saturated heterocycles. The number of nitrogens with one attached hydrogen (secondary N) is 1. The second-order valence-corrected chi connectivity index (χ2v) is 5.72. The van der Waals surface area contributed by atoms with Crippen LogP contribution in [0.4, 0.5) is 0 Å². The van der Waals surface area contributed by atoms with Crippen LogP contribution in [-0.2, 0) is 13.1 Å². The predicted molar refractivity (Wildman–Crippen MR) is 98.5 cm³/mol. The SMILES string of the molecule is NC(=O)c1ccc(Oc2ccc(CNCc3ccccc3)cc2)cc1. The summed E-state index contributed by atoms with van der Waals surface area (Å²) in [4.78, 5) is 11.1. The number of amides is 1. The molecular formula is C21H20N2O2. The summed E-state index contributed by atoms with van der Waals surface area (Å²) in [5.74, 6) is 0.970. The van der Waals surface area contributed by atoms with E-state index >= 15 is 0 Å². The van der Waals surface area contributed by atoms with Crippen LogP contribution in [0.5, 0.6) is 11.5 Å². The molecule has 126 valence electrons. The van der Waals surface area contributed by atoms with E-state index in [-0.39, 0.29) is 0 Å². The third kappa shape index (κ3) is 4.93. The number of benzene rings is 3.